The molecule has 0 radical (unpaired) electrons. The van der Waals surface area contributed by atoms with Gasteiger partial charge in [0.05, 0.1) is 7.11 Å². The lowest BCUT2D eigenvalue weighted by atomic mass is 9.60. The summed E-state index contributed by atoms with van der Waals surface area (Å²) < 4.78 is 6.45. The van der Waals surface area contributed by atoms with Crippen LogP contribution in [0.5, 0.6) is 5.75 Å². The zero-order valence-corrected chi connectivity index (χ0v) is 13.4. The van der Waals surface area contributed by atoms with Crippen molar-refractivity contribution in [3.05, 3.63) is 64.1 Å². The lowest BCUT2D eigenvalue weighted by Crippen LogP contribution is -2.31. The summed E-state index contributed by atoms with van der Waals surface area (Å²) in [6.07, 6.45) is 1.27. The standard InChI is InChI=1S/C18H19BrO/c1-12-10-16(13-6-4-3-5-7-13)18(12)15-9-8-14(20-2)11-17(15)19/h3-9,11-12,16,18H,10H2,1-2H3. The Balaban J connectivity index is 1.92. The van der Waals surface area contributed by atoms with Crippen molar-refractivity contribution in [1.82, 2.24) is 0 Å². The van der Waals surface area contributed by atoms with E-state index in [-0.39, 0.29) is 0 Å². The maximum absolute atomic E-state index is 5.29. The lowest BCUT2D eigenvalue weighted by Gasteiger charge is -2.44. The number of methoxy groups -OCH3 is 1. The number of halogens is 1. The van der Waals surface area contributed by atoms with Crippen molar-refractivity contribution < 1.29 is 4.74 Å². The number of ether oxygens (including phenoxy) is 1. The number of hydrogen-bond donors (Lipinski definition) is 0. The van der Waals surface area contributed by atoms with Crippen LogP contribution in [0.3, 0.4) is 0 Å². The molecule has 0 amide bonds. The summed E-state index contributed by atoms with van der Waals surface area (Å²) in [4.78, 5) is 0. The molecule has 104 valence electrons. The first kappa shape index (κ1) is 13.7. The van der Waals surface area contributed by atoms with Crippen molar-refractivity contribution in [3.63, 3.8) is 0 Å². The summed E-state index contributed by atoms with van der Waals surface area (Å²) in [6, 6.07) is 17.2. The van der Waals surface area contributed by atoms with Crippen molar-refractivity contribution in [2.75, 3.05) is 7.11 Å². The minimum atomic E-state index is 0.595. The van der Waals surface area contributed by atoms with E-state index in [1.807, 2.05) is 0 Å². The van der Waals surface area contributed by atoms with Gasteiger partial charge in [0, 0.05) is 4.47 Å². The third-order valence-corrected chi connectivity index (χ3v) is 5.15. The van der Waals surface area contributed by atoms with Gasteiger partial charge in [0.2, 0.25) is 0 Å². The molecule has 1 aliphatic carbocycles. The molecule has 0 bridgehead atoms. The highest BCUT2D eigenvalue weighted by atomic mass is 79.9. The molecule has 0 aromatic heterocycles. The highest BCUT2D eigenvalue weighted by Crippen LogP contribution is 2.54. The molecule has 1 aliphatic rings. The third kappa shape index (κ3) is 2.37. The lowest BCUT2D eigenvalue weighted by molar-refractivity contribution is 0.226. The van der Waals surface area contributed by atoms with Gasteiger partial charge < -0.3 is 4.74 Å². The second-order valence-electron chi connectivity index (χ2n) is 5.64. The minimum Gasteiger partial charge on any atom is -0.497 e. The van der Waals surface area contributed by atoms with E-state index in [1.54, 1.807) is 7.11 Å². The van der Waals surface area contributed by atoms with Crippen molar-refractivity contribution in [1.29, 1.82) is 0 Å². The van der Waals surface area contributed by atoms with Gasteiger partial charge in [-0.3, -0.25) is 0 Å². The average Bonchev–Trinajstić information content (AvgIpc) is 2.47. The van der Waals surface area contributed by atoms with Crippen LogP contribution in [0.4, 0.5) is 0 Å². The molecule has 1 nitrogen and oxygen atoms in total. The van der Waals surface area contributed by atoms with Gasteiger partial charge >= 0.3 is 0 Å². The number of rotatable bonds is 3. The Kier molecular flexibility index (Phi) is 3.84. The molecule has 0 spiro atoms. The largest absolute Gasteiger partial charge is 0.497 e. The molecule has 3 unspecified atom stereocenters. The molecule has 3 rings (SSSR count). The number of hydrogen-bond acceptors (Lipinski definition) is 1. The van der Waals surface area contributed by atoms with E-state index < -0.39 is 0 Å². The maximum atomic E-state index is 5.29. The van der Waals surface area contributed by atoms with Crippen LogP contribution in [-0.4, -0.2) is 7.11 Å². The molecule has 3 atom stereocenters. The summed E-state index contributed by atoms with van der Waals surface area (Å²) in [5.41, 5.74) is 2.86. The van der Waals surface area contributed by atoms with E-state index >= 15 is 0 Å². The van der Waals surface area contributed by atoms with Crippen molar-refractivity contribution in [2.45, 2.75) is 25.2 Å². The van der Waals surface area contributed by atoms with Gasteiger partial charge in [0.25, 0.3) is 0 Å². The topological polar surface area (TPSA) is 9.23 Å². The van der Waals surface area contributed by atoms with Gasteiger partial charge in [0.1, 0.15) is 5.75 Å². The Labute approximate surface area is 129 Å². The van der Waals surface area contributed by atoms with E-state index in [4.69, 9.17) is 4.74 Å². The Morgan fingerprint density at radius 1 is 1.10 bits per heavy atom. The Morgan fingerprint density at radius 2 is 1.85 bits per heavy atom. The monoisotopic (exact) mass is 330 g/mol. The van der Waals surface area contributed by atoms with Gasteiger partial charge in [-0.05, 0) is 47.4 Å². The van der Waals surface area contributed by atoms with Gasteiger partial charge in [0.15, 0.2) is 0 Å². The first-order valence-corrected chi connectivity index (χ1v) is 7.88. The van der Waals surface area contributed by atoms with Gasteiger partial charge in [-0.2, -0.15) is 0 Å². The van der Waals surface area contributed by atoms with Crippen molar-refractivity contribution in [2.24, 2.45) is 5.92 Å². The van der Waals surface area contributed by atoms with Crippen molar-refractivity contribution in [3.8, 4) is 5.75 Å². The van der Waals surface area contributed by atoms with E-state index in [9.17, 15) is 0 Å². The molecule has 1 saturated carbocycles. The fourth-order valence-corrected chi connectivity index (χ4v) is 3.99. The smallest absolute Gasteiger partial charge is 0.120 e. The van der Waals surface area contributed by atoms with Crippen LogP contribution in [0.15, 0.2) is 53.0 Å². The number of benzene rings is 2. The predicted octanol–water partition coefficient (Wildman–Crippen LogP) is 5.36. The molecule has 1 fully saturated rings. The molecular weight excluding hydrogens is 312 g/mol. The highest BCUT2D eigenvalue weighted by Gasteiger charge is 2.40. The fraction of sp³-hybridized carbons (Fsp3) is 0.333. The maximum Gasteiger partial charge on any atom is 0.120 e. The fourth-order valence-electron chi connectivity index (χ4n) is 3.37. The predicted molar refractivity (Wildman–Crippen MR) is 86.4 cm³/mol. The van der Waals surface area contributed by atoms with E-state index in [2.05, 4.69) is 71.4 Å². The third-order valence-electron chi connectivity index (χ3n) is 4.47. The molecule has 2 heteroatoms. The van der Waals surface area contributed by atoms with E-state index in [0.29, 0.717) is 11.8 Å². The minimum absolute atomic E-state index is 0.595. The van der Waals surface area contributed by atoms with Crippen LogP contribution >= 0.6 is 15.9 Å². The molecule has 0 heterocycles. The van der Waals surface area contributed by atoms with E-state index in [0.717, 1.165) is 16.1 Å². The van der Waals surface area contributed by atoms with Crippen LogP contribution in [0, 0.1) is 5.92 Å². The van der Waals surface area contributed by atoms with Gasteiger partial charge in [-0.1, -0.05) is 59.3 Å². The molecule has 2 aromatic carbocycles. The van der Waals surface area contributed by atoms with Gasteiger partial charge in [-0.25, -0.2) is 0 Å². The summed E-state index contributed by atoms with van der Waals surface area (Å²) in [5, 5.41) is 0. The summed E-state index contributed by atoms with van der Waals surface area (Å²) in [5.74, 6) is 2.86. The Hall–Kier alpha value is -1.28. The van der Waals surface area contributed by atoms with Crippen LogP contribution in [0.1, 0.15) is 36.3 Å². The van der Waals surface area contributed by atoms with Crippen LogP contribution < -0.4 is 4.74 Å². The summed E-state index contributed by atoms with van der Waals surface area (Å²) in [7, 11) is 1.71. The molecule has 0 saturated heterocycles. The first-order valence-electron chi connectivity index (χ1n) is 7.09. The quantitative estimate of drug-likeness (QED) is 0.735. The van der Waals surface area contributed by atoms with E-state index in [1.165, 1.54) is 17.5 Å². The molecular formula is C18H19BrO. The van der Waals surface area contributed by atoms with Crippen molar-refractivity contribution >= 4 is 15.9 Å². The molecule has 0 aliphatic heterocycles. The molecule has 2 aromatic rings. The zero-order chi connectivity index (χ0) is 14.1. The average molecular weight is 331 g/mol. The van der Waals surface area contributed by atoms with Crippen LogP contribution in [-0.2, 0) is 0 Å². The summed E-state index contributed by atoms with van der Waals surface area (Å²) >= 11 is 3.71. The first-order chi connectivity index (χ1) is 9.70. The SMILES string of the molecule is COc1ccc(C2C(C)CC2c2ccccc2)c(Br)c1. The van der Waals surface area contributed by atoms with Crippen LogP contribution in [0.2, 0.25) is 0 Å². The zero-order valence-electron chi connectivity index (χ0n) is 11.8. The van der Waals surface area contributed by atoms with Crippen LogP contribution in [0.25, 0.3) is 0 Å². The second-order valence-corrected chi connectivity index (χ2v) is 6.50. The summed E-state index contributed by atoms with van der Waals surface area (Å²) in [6.45, 7) is 2.35. The Bertz CT molecular complexity index is 594. The second kappa shape index (κ2) is 5.61. The molecule has 0 N–H and O–H groups in total. The highest BCUT2D eigenvalue weighted by molar-refractivity contribution is 9.10. The normalized spacial score (nSPS) is 25.1. The Morgan fingerprint density at radius 3 is 2.45 bits per heavy atom. The molecule has 20 heavy (non-hydrogen) atoms. The van der Waals surface area contributed by atoms with Gasteiger partial charge in [-0.15, -0.1) is 0 Å².